The molecule has 1 aliphatic rings. The van der Waals surface area contributed by atoms with Crippen molar-refractivity contribution in [2.75, 3.05) is 18.0 Å². The van der Waals surface area contributed by atoms with E-state index in [0.717, 1.165) is 5.56 Å². The number of thiophene rings is 1. The molecule has 4 nitrogen and oxygen atoms in total. The van der Waals surface area contributed by atoms with Crippen LogP contribution in [0, 0.1) is 6.92 Å². The summed E-state index contributed by atoms with van der Waals surface area (Å²) < 4.78 is 0. The van der Waals surface area contributed by atoms with Crippen LogP contribution in [0.15, 0.2) is 29.6 Å². The summed E-state index contributed by atoms with van der Waals surface area (Å²) in [6.45, 7) is 2.72. The molecule has 2 aromatic rings. The van der Waals surface area contributed by atoms with Crippen LogP contribution in [0.1, 0.15) is 25.6 Å². The van der Waals surface area contributed by atoms with Crippen LogP contribution >= 0.6 is 22.9 Å². The molecule has 1 N–H and O–H groups in total. The Morgan fingerprint density at radius 1 is 1.38 bits per heavy atom. The van der Waals surface area contributed by atoms with Crippen LogP contribution in [0.5, 0.6) is 0 Å². The Morgan fingerprint density at radius 3 is 2.86 bits per heavy atom. The molecule has 6 heteroatoms. The third kappa shape index (κ3) is 2.43. The summed E-state index contributed by atoms with van der Waals surface area (Å²) in [5.74, 6) is -0.323. The smallest absolute Gasteiger partial charge is 0.269 e. The van der Waals surface area contributed by atoms with Crippen molar-refractivity contribution < 1.29 is 9.59 Å². The molecule has 0 radical (unpaired) electrons. The molecule has 0 saturated carbocycles. The van der Waals surface area contributed by atoms with E-state index in [4.69, 9.17) is 11.6 Å². The van der Waals surface area contributed by atoms with Crippen LogP contribution < -0.4 is 10.2 Å². The summed E-state index contributed by atoms with van der Waals surface area (Å²) in [4.78, 5) is 26.9. The Labute approximate surface area is 131 Å². The van der Waals surface area contributed by atoms with Crippen molar-refractivity contribution in [3.63, 3.8) is 0 Å². The molecule has 0 spiro atoms. The lowest BCUT2D eigenvalue weighted by atomic mass is 10.1. The van der Waals surface area contributed by atoms with Crippen molar-refractivity contribution in [1.82, 2.24) is 5.32 Å². The van der Waals surface area contributed by atoms with E-state index in [-0.39, 0.29) is 11.8 Å². The maximum atomic E-state index is 12.8. The molecule has 0 saturated heterocycles. The number of rotatable bonds is 1. The van der Waals surface area contributed by atoms with E-state index in [1.807, 2.05) is 18.4 Å². The van der Waals surface area contributed by atoms with Crippen LogP contribution in [-0.4, -0.2) is 24.9 Å². The number of aryl methyl sites for hydroxylation is 1. The van der Waals surface area contributed by atoms with Gasteiger partial charge in [-0.15, -0.1) is 11.3 Å². The molecule has 0 atom stereocenters. The fourth-order valence-corrected chi connectivity index (χ4v) is 3.53. The van der Waals surface area contributed by atoms with Crippen molar-refractivity contribution >= 4 is 40.4 Å². The minimum Gasteiger partial charge on any atom is -0.350 e. The van der Waals surface area contributed by atoms with Crippen molar-refractivity contribution in [2.24, 2.45) is 0 Å². The van der Waals surface area contributed by atoms with Crippen molar-refractivity contribution in [3.8, 4) is 0 Å². The second kappa shape index (κ2) is 5.50. The number of amides is 2. The fraction of sp³-hybridized carbons (Fsp3) is 0.200. The van der Waals surface area contributed by atoms with Gasteiger partial charge in [0.25, 0.3) is 11.8 Å². The van der Waals surface area contributed by atoms with Crippen molar-refractivity contribution in [2.45, 2.75) is 6.92 Å². The van der Waals surface area contributed by atoms with Gasteiger partial charge in [-0.1, -0.05) is 23.7 Å². The molecular weight excluding hydrogens is 308 g/mol. The molecule has 1 aromatic carbocycles. The van der Waals surface area contributed by atoms with Gasteiger partial charge in [0.1, 0.15) is 4.88 Å². The molecular formula is C15H13ClN2O2S. The van der Waals surface area contributed by atoms with E-state index in [1.165, 1.54) is 11.3 Å². The summed E-state index contributed by atoms with van der Waals surface area (Å²) in [6.07, 6.45) is 0. The average molecular weight is 321 g/mol. The Kier molecular flexibility index (Phi) is 3.69. The van der Waals surface area contributed by atoms with E-state index >= 15 is 0 Å². The number of halogens is 1. The van der Waals surface area contributed by atoms with Gasteiger partial charge in [0.05, 0.1) is 16.3 Å². The molecule has 0 unspecified atom stereocenters. The number of hydrogen-bond acceptors (Lipinski definition) is 3. The highest BCUT2D eigenvalue weighted by molar-refractivity contribution is 7.13. The number of para-hydroxylation sites is 1. The fourth-order valence-electron chi connectivity index (χ4n) is 2.31. The second-order valence-electron chi connectivity index (χ2n) is 4.79. The first-order valence-corrected chi connectivity index (χ1v) is 7.78. The third-order valence-electron chi connectivity index (χ3n) is 3.40. The Morgan fingerprint density at radius 2 is 2.14 bits per heavy atom. The number of anilines is 1. The number of benzene rings is 1. The van der Waals surface area contributed by atoms with Crippen LogP contribution in [0.25, 0.3) is 0 Å². The summed E-state index contributed by atoms with van der Waals surface area (Å²) in [5, 5.41) is 5.15. The molecule has 0 bridgehead atoms. The number of nitrogens with zero attached hydrogens (tertiary/aromatic N) is 1. The molecule has 3 rings (SSSR count). The SMILES string of the molecule is Cc1csc(C(=O)N2CCNC(=O)c3ccccc32)c1Cl. The van der Waals surface area contributed by atoms with Crippen LogP contribution in [0.4, 0.5) is 5.69 Å². The number of hydrogen-bond donors (Lipinski definition) is 1. The van der Waals surface area contributed by atoms with Gasteiger partial charge in [-0.05, 0) is 30.0 Å². The highest BCUT2D eigenvalue weighted by Gasteiger charge is 2.27. The van der Waals surface area contributed by atoms with E-state index in [1.54, 1.807) is 23.1 Å². The van der Waals surface area contributed by atoms with Crippen LogP contribution in [0.2, 0.25) is 5.02 Å². The van der Waals surface area contributed by atoms with Crippen LogP contribution in [-0.2, 0) is 0 Å². The van der Waals surface area contributed by atoms with Gasteiger partial charge in [0.2, 0.25) is 0 Å². The average Bonchev–Trinajstić information content (AvgIpc) is 2.73. The minimum absolute atomic E-state index is 0.158. The first-order chi connectivity index (χ1) is 10.1. The predicted octanol–water partition coefficient (Wildman–Crippen LogP) is 3.10. The lowest BCUT2D eigenvalue weighted by molar-refractivity contribution is 0.0954. The lowest BCUT2D eigenvalue weighted by Gasteiger charge is -2.21. The molecule has 1 aromatic heterocycles. The number of fused-ring (bicyclic) bond motifs is 1. The van der Waals surface area contributed by atoms with E-state index in [0.29, 0.717) is 34.2 Å². The highest BCUT2D eigenvalue weighted by atomic mass is 35.5. The molecule has 108 valence electrons. The molecule has 0 fully saturated rings. The Balaban J connectivity index is 2.06. The van der Waals surface area contributed by atoms with Gasteiger partial charge in [-0.25, -0.2) is 0 Å². The zero-order chi connectivity index (χ0) is 15.0. The Bertz CT molecular complexity index is 726. The summed E-state index contributed by atoms with van der Waals surface area (Å²) >= 11 is 7.53. The summed E-state index contributed by atoms with van der Waals surface area (Å²) in [5.41, 5.74) is 2.02. The first kappa shape index (κ1) is 14.1. The summed E-state index contributed by atoms with van der Waals surface area (Å²) in [7, 11) is 0. The highest BCUT2D eigenvalue weighted by Crippen LogP contribution is 2.31. The van der Waals surface area contributed by atoms with Gasteiger partial charge in [0.15, 0.2) is 0 Å². The predicted molar refractivity (Wildman–Crippen MR) is 84.5 cm³/mol. The van der Waals surface area contributed by atoms with Gasteiger partial charge < -0.3 is 10.2 Å². The first-order valence-electron chi connectivity index (χ1n) is 6.52. The summed E-state index contributed by atoms with van der Waals surface area (Å²) in [6, 6.07) is 7.11. The van der Waals surface area contributed by atoms with Gasteiger partial charge in [-0.3, -0.25) is 9.59 Å². The van der Waals surface area contributed by atoms with Crippen molar-refractivity contribution in [1.29, 1.82) is 0 Å². The Hall–Kier alpha value is -1.85. The van der Waals surface area contributed by atoms with E-state index < -0.39 is 0 Å². The monoisotopic (exact) mass is 320 g/mol. The minimum atomic E-state index is -0.165. The topological polar surface area (TPSA) is 49.4 Å². The standard InChI is InChI=1S/C15H13ClN2O2S/c1-9-8-21-13(12(9)16)15(20)18-7-6-17-14(19)10-4-2-3-5-11(10)18/h2-5,8H,6-7H2,1H3,(H,17,19). The number of nitrogens with one attached hydrogen (secondary N) is 1. The normalized spacial score (nSPS) is 14.4. The van der Waals surface area contributed by atoms with Gasteiger partial charge >= 0.3 is 0 Å². The van der Waals surface area contributed by atoms with Gasteiger partial charge in [-0.2, -0.15) is 0 Å². The zero-order valence-corrected chi connectivity index (χ0v) is 12.9. The van der Waals surface area contributed by atoms with E-state index in [9.17, 15) is 9.59 Å². The molecule has 21 heavy (non-hydrogen) atoms. The number of carbonyl (C=O) groups excluding carboxylic acids is 2. The molecule has 2 heterocycles. The lowest BCUT2D eigenvalue weighted by Crippen LogP contribution is -2.34. The quantitative estimate of drug-likeness (QED) is 0.877. The molecule has 2 amide bonds. The largest absolute Gasteiger partial charge is 0.350 e. The maximum Gasteiger partial charge on any atom is 0.269 e. The zero-order valence-electron chi connectivity index (χ0n) is 11.4. The van der Waals surface area contributed by atoms with E-state index in [2.05, 4.69) is 5.32 Å². The van der Waals surface area contributed by atoms with Crippen LogP contribution in [0.3, 0.4) is 0 Å². The molecule has 0 aliphatic carbocycles. The number of carbonyl (C=O) groups is 2. The maximum absolute atomic E-state index is 12.8. The second-order valence-corrected chi connectivity index (χ2v) is 6.05. The third-order valence-corrected chi connectivity index (χ3v) is 5.08. The molecule has 1 aliphatic heterocycles. The van der Waals surface area contributed by atoms with Crippen molar-refractivity contribution in [3.05, 3.63) is 50.7 Å². The van der Waals surface area contributed by atoms with Gasteiger partial charge in [0, 0.05) is 13.1 Å².